The van der Waals surface area contributed by atoms with Gasteiger partial charge >= 0.3 is 0 Å². The van der Waals surface area contributed by atoms with Gasteiger partial charge < -0.3 is 10.1 Å². The molecule has 2 atom stereocenters. The molecule has 0 amide bonds. The minimum atomic E-state index is 0.179. The van der Waals surface area contributed by atoms with Crippen LogP contribution in [-0.2, 0) is 18.3 Å². The summed E-state index contributed by atoms with van der Waals surface area (Å²) in [5, 5.41) is 11.3. The summed E-state index contributed by atoms with van der Waals surface area (Å²) in [7, 11) is 1.95. The fourth-order valence-corrected chi connectivity index (χ4v) is 4.10. The van der Waals surface area contributed by atoms with Gasteiger partial charge in [-0.1, -0.05) is 0 Å². The van der Waals surface area contributed by atoms with Crippen molar-refractivity contribution in [1.29, 1.82) is 0 Å². The van der Waals surface area contributed by atoms with Gasteiger partial charge in [0.1, 0.15) is 0 Å². The zero-order valence-electron chi connectivity index (χ0n) is 12.9. The summed E-state index contributed by atoms with van der Waals surface area (Å²) in [6, 6.07) is 0. The Morgan fingerprint density at radius 1 is 1.41 bits per heavy atom. The van der Waals surface area contributed by atoms with Crippen molar-refractivity contribution < 1.29 is 4.74 Å². The fourth-order valence-electron chi connectivity index (χ4n) is 3.11. The Labute approximate surface area is 134 Å². The second kappa shape index (κ2) is 6.10. The quantitative estimate of drug-likeness (QED) is 0.889. The van der Waals surface area contributed by atoms with Crippen LogP contribution in [0.5, 0.6) is 0 Å². The number of hydrogen-bond acceptors (Lipinski definition) is 5. The third kappa shape index (κ3) is 3.09. The lowest BCUT2D eigenvalue weighted by Crippen LogP contribution is -2.24. The summed E-state index contributed by atoms with van der Waals surface area (Å²) < 4.78 is 7.75. The molecule has 0 unspecified atom stereocenters. The normalized spacial score (nSPS) is 25.0. The third-order valence-electron chi connectivity index (χ3n) is 4.48. The molecule has 1 aliphatic heterocycles. The van der Waals surface area contributed by atoms with Crippen LogP contribution < -0.4 is 5.32 Å². The van der Waals surface area contributed by atoms with Crippen molar-refractivity contribution in [3.63, 3.8) is 0 Å². The van der Waals surface area contributed by atoms with Gasteiger partial charge in [0.15, 0.2) is 0 Å². The van der Waals surface area contributed by atoms with Crippen molar-refractivity contribution in [3.05, 3.63) is 34.0 Å². The van der Waals surface area contributed by atoms with Crippen LogP contribution in [0.2, 0.25) is 0 Å². The van der Waals surface area contributed by atoms with Crippen LogP contribution in [0, 0.1) is 5.92 Å². The van der Waals surface area contributed by atoms with Crippen LogP contribution >= 0.6 is 11.3 Å². The molecule has 0 aromatic carbocycles. The lowest BCUT2D eigenvalue weighted by Gasteiger charge is -2.17. The van der Waals surface area contributed by atoms with Gasteiger partial charge in [0.05, 0.1) is 23.0 Å². The molecule has 0 bridgehead atoms. The number of rotatable bonds is 6. The molecule has 1 N–H and O–H groups in total. The van der Waals surface area contributed by atoms with Crippen molar-refractivity contribution in [2.45, 2.75) is 37.8 Å². The number of ether oxygens (including phenoxy) is 1. The van der Waals surface area contributed by atoms with Gasteiger partial charge in [0.25, 0.3) is 0 Å². The highest BCUT2D eigenvalue weighted by atomic mass is 32.1. The highest BCUT2D eigenvalue weighted by molar-refractivity contribution is 7.09. The van der Waals surface area contributed by atoms with Gasteiger partial charge in [-0.2, -0.15) is 5.10 Å². The molecule has 2 aromatic rings. The summed E-state index contributed by atoms with van der Waals surface area (Å²) in [5.74, 6) is 1.28. The van der Waals surface area contributed by atoms with Crippen molar-refractivity contribution in [1.82, 2.24) is 20.1 Å². The van der Waals surface area contributed by atoms with E-state index in [-0.39, 0.29) is 6.10 Å². The molecule has 2 aromatic heterocycles. The molecule has 2 aliphatic rings. The van der Waals surface area contributed by atoms with Gasteiger partial charge in [0, 0.05) is 55.7 Å². The Balaban J connectivity index is 1.30. The highest BCUT2D eigenvalue weighted by Crippen LogP contribution is 2.41. The van der Waals surface area contributed by atoms with Crippen LogP contribution in [0.1, 0.15) is 47.5 Å². The van der Waals surface area contributed by atoms with E-state index in [0.29, 0.717) is 5.92 Å². The number of hydrogen-bond donors (Lipinski definition) is 1. The van der Waals surface area contributed by atoms with E-state index in [4.69, 9.17) is 9.72 Å². The number of nitrogens with one attached hydrogen (secondary N) is 1. The van der Waals surface area contributed by atoms with Gasteiger partial charge in [-0.25, -0.2) is 4.98 Å². The first kappa shape index (κ1) is 14.4. The fraction of sp³-hybridized carbons (Fsp3) is 0.625. The van der Waals surface area contributed by atoms with Crippen molar-refractivity contribution in [2.24, 2.45) is 13.0 Å². The second-order valence-electron chi connectivity index (χ2n) is 6.37. The predicted molar refractivity (Wildman–Crippen MR) is 85.8 cm³/mol. The molecule has 5 nitrogen and oxygen atoms in total. The van der Waals surface area contributed by atoms with E-state index in [0.717, 1.165) is 32.0 Å². The average Bonchev–Trinajstić information content (AvgIpc) is 2.90. The van der Waals surface area contributed by atoms with Gasteiger partial charge in [-0.15, -0.1) is 11.3 Å². The Morgan fingerprint density at radius 3 is 3.09 bits per heavy atom. The van der Waals surface area contributed by atoms with E-state index in [1.54, 1.807) is 0 Å². The highest BCUT2D eigenvalue weighted by Gasteiger charge is 2.30. The molecule has 1 saturated heterocycles. The van der Waals surface area contributed by atoms with E-state index < -0.39 is 0 Å². The van der Waals surface area contributed by atoms with Crippen molar-refractivity contribution >= 4 is 11.3 Å². The van der Waals surface area contributed by atoms with E-state index in [9.17, 15) is 0 Å². The Bertz CT molecular complexity index is 634. The average molecular weight is 318 g/mol. The van der Waals surface area contributed by atoms with E-state index in [1.807, 2.05) is 29.3 Å². The smallest absolute Gasteiger partial charge is 0.0959 e. The van der Waals surface area contributed by atoms with E-state index in [2.05, 4.69) is 22.0 Å². The zero-order valence-corrected chi connectivity index (χ0v) is 13.7. The Morgan fingerprint density at radius 2 is 2.32 bits per heavy atom. The van der Waals surface area contributed by atoms with Crippen LogP contribution in [0.3, 0.4) is 0 Å². The molecule has 1 saturated carbocycles. The van der Waals surface area contributed by atoms with Crippen molar-refractivity contribution in [2.75, 3.05) is 13.2 Å². The summed E-state index contributed by atoms with van der Waals surface area (Å²) in [4.78, 5) is 4.73. The Kier molecular flexibility index (Phi) is 3.98. The predicted octanol–water partition coefficient (Wildman–Crippen LogP) is 2.62. The maximum atomic E-state index is 5.90. The Hall–Kier alpha value is -1.24. The first-order valence-electron chi connectivity index (χ1n) is 8.05. The molecule has 6 heteroatoms. The SMILES string of the molecule is Cn1cc([C@@H]2OCC[C@@H]2CNCc2csc(C3CC3)n2)cn1. The lowest BCUT2D eigenvalue weighted by molar-refractivity contribution is 0.0904. The summed E-state index contributed by atoms with van der Waals surface area (Å²) in [6.07, 6.45) is 7.92. The molecular weight excluding hydrogens is 296 g/mol. The molecular formula is C16H22N4OS. The molecule has 0 radical (unpaired) electrons. The monoisotopic (exact) mass is 318 g/mol. The van der Waals surface area contributed by atoms with Gasteiger partial charge in [0.2, 0.25) is 0 Å². The van der Waals surface area contributed by atoms with Crippen molar-refractivity contribution in [3.8, 4) is 0 Å². The van der Waals surface area contributed by atoms with Gasteiger partial charge in [-0.3, -0.25) is 4.68 Å². The molecule has 118 valence electrons. The third-order valence-corrected chi connectivity index (χ3v) is 5.53. The van der Waals surface area contributed by atoms with E-state index in [1.165, 1.54) is 29.1 Å². The van der Waals surface area contributed by atoms with Crippen LogP contribution in [0.4, 0.5) is 0 Å². The minimum absolute atomic E-state index is 0.179. The molecule has 1 aliphatic carbocycles. The van der Waals surface area contributed by atoms with Gasteiger partial charge in [-0.05, 0) is 19.3 Å². The maximum Gasteiger partial charge on any atom is 0.0959 e. The zero-order chi connectivity index (χ0) is 14.9. The summed E-state index contributed by atoms with van der Waals surface area (Å²) in [5.41, 5.74) is 2.38. The largest absolute Gasteiger partial charge is 0.373 e. The summed E-state index contributed by atoms with van der Waals surface area (Å²) in [6.45, 7) is 2.67. The summed E-state index contributed by atoms with van der Waals surface area (Å²) >= 11 is 1.82. The molecule has 0 spiro atoms. The lowest BCUT2D eigenvalue weighted by atomic mass is 9.97. The number of thiazole rings is 1. The first-order valence-corrected chi connectivity index (χ1v) is 8.93. The number of aromatic nitrogens is 3. The maximum absolute atomic E-state index is 5.90. The van der Waals surface area contributed by atoms with Crippen LogP contribution in [0.25, 0.3) is 0 Å². The molecule has 2 fully saturated rings. The van der Waals surface area contributed by atoms with E-state index >= 15 is 0 Å². The number of nitrogens with zero attached hydrogens (tertiary/aromatic N) is 3. The van der Waals surface area contributed by atoms with Crippen LogP contribution in [0.15, 0.2) is 17.8 Å². The number of aryl methyl sites for hydroxylation is 1. The first-order chi connectivity index (χ1) is 10.8. The topological polar surface area (TPSA) is 52.0 Å². The molecule has 4 rings (SSSR count). The standard InChI is InChI=1S/C16H22N4OS/c1-20-9-13(7-18-20)15-12(4-5-21-15)6-17-8-14-10-22-16(19-14)11-2-3-11/h7,9-12,15,17H,2-6,8H2,1H3/t12-,15-/m1/s1. The molecule has 22 heavy (non-hydrogen) atoms. The van der Waals surface area contributed by atoms with Crippen LogP contribution in [-0.4, -0.2) is 27.9 Å². The molecule has 3 heterocycles. The minimum Gasteiger partial charge on any atom is -0.373 e. The second-order valence-corrected chi connectivity index (χ2v) is 7.26.